The van der Waals surface area contributed by atoms with Crippen LogP contribution < -0.4 is 15.1 Å². The van der Waals surface area contributed by atoms with Crippen molar-refractivity contribution in [2.75, 3.05) is 42.6 Å². The summed E-state index contributed by atoms with van der Waals surface area (Å²) in [5.41, 5.74) is 3.97. The van der Waals surface area contributed by atoms with Gasteiger partial charge in [-0.15, -0.1) is 0 Å². The van der Waals surface area contributed by atoms with Crippen molar-refractivity contribution < 1.29 is 18.3 Å². The number of ether oxygens (including phenoxy) is 1. The van der Waals surface area contributed by atoms with E-state index in [1.54, 1.807) is 11.0 Å². The molecule has 0 spiro atoms. The molecule has 2 aromatic rings. The molecule has 8 heteroatoms. The molecule has 28 heavy (non-hydrogen) atoms. The highest BCUT2D eigenvalue weighted by Crippen LogP contribution is 2.39. The quantitative estimate of drug-likeness (QED) is 0.799. The van der Waals surface area contributed by atoms with Crippen molar-refractivity contribution in [3.8, 4) is 11.1 Å². The number of nitrogens with one attached hydrogen (secondary N) is 1. The lowest BCUT2D eigenvalue weighted by Crippen LogP contribution is -2.37. The minimum atomic E-state index is -0.901. The topological polar surface area (TPSA) is 44.8 Å². The first kappa shape index (κ1) is 18.8. The van der Waals surface area contributed by atoms with Gasteiger partial charge in [-0.25, -0.2) is 8.78 Å². The van der Waals surface area contributed by atoms with E-state index in [-0.39, 0.29) is 12.5 Å². The van der Waals surface area contributed by atoms with Crippen LogP contribution in [0.4, 0.5) is 20.2 Å². The number of morpholine rings is 1. The van der Waals surface area contributed by atoms with Crippen molar-refractivity contribution in [2.24, 2.45) is 0 Å². The Kier molecular flexibility index (Phi) is 4.99. The zero-order chi connectivity index (χ0) is 19.8. The Morgan fingerprint density at radius 2 is 1.86 bits per heavy atom. The van der Waals surface area contributed by atoms with E-state index in [0.29, 0.717) is 37.0 Å². The van der Waals surface area contributed by atoms with E-state index >= 15 is 0 Å². The number of nitrogens with zero attached hydrogens (tertiary/aromatic N) is 2. The second-order valence-electron chi connectivity index (χ2n) is 6.83. The normalized spacial score (nSPS) is 17.2. The van der Waals surface area contributed by atoms with Gasteiger partial charge in [0, 0.05) is 30.0 Å². The van der Waals surface area contributed by atoms with E-state index in [9.17, 15) is 13.6 Å². The average Bonchev–Trinajstić information content (AvgIpc) is 3.02. The summed E-state index contributed by atoms with van der Waals surface area (Å²) < 4.78 is 32.9. The van der Waals surface area contributed by atoms with E-state index in [1.807, 2.05) is 19.1 Å². The summed E-state index contributed by atoms with van der Waals surface area (Å²) in [4.78, 5) is 15.6. The number of benzene rings is 2. The van der Waals surface area contributed by atoms with Crippen LogP contribution in [0.15, 0.2) is 30.3 Å². The van der Waals surface area contributed by atoms with Gasteiger partial charge in [-0.05, 0) is 54.5 Å². The Labute approximate surface area is 166 Å². The number of hydrogen-bond donors (Lipinski definition) is 1. The number of carbonyl (C=O) groups is 1. The molecule has 0 saturated carbocycles. The van der Waals surface area contributed by atoms with E-state index < -0.39 is 11.6 Å². The molecule has 2 saturated heterocycles. The molecule has 1 amide bonds. The van der Waals surface area contributed by atoms with E-state index in [2.05, 4.69) is 10.2 Å². The summed E-state index contributed by atoms with van der Waals surface area (Å²) in [6.45, 7) is 4.72. The molecule has 146 valence electrons. The Hall–Kier alpha value is -2.58. The summed E-state index contributed by atoms with van der Waals surface area (Å²) in [6, 6.07) is 7.72. The van der Waals surface area contributed by atoms with Crippen LogP contribution in [0.5, 0.6) is 0 Å². The summed E-state index contributed by atoms with van der Waals surface area (Å²) in [6.07, 6.45) is 0. The highest BCUT2D eigenvalue weighted by atomic mass is 32.1. The fourth-order valence-corrected chi connectivity index (χ4v) is 3.94. The lowest BCUT2D eigenvalue weighted by molar-refractivity contribution is -0.117. The Balaban J connectivity index is 1.86. The van der Waals surface area contributed by atoms with Gasteiger partial charge in [-0.3, -0.25) is 4.79 Å². The Bertz CT molecular complexity index is 961. The maximum absolute atomic E-state index is 14.0. The standard InChI is InChI=1S/C20H19F2N3O2S/c1-12-8-14(25-11-18(26)23-20(25)28)10-15(13-2-3-16(21)17(22)9-13)19(12)24-4-6-27-7-5-24/h2-3,8-10H,4-7,11H2,1H3,(H,23,26,28). The number of halogens is 2. The molecule has 2 aromatic carbocycles. The molecule has 2 aliphatic rings. The van der Waals surface area contributed by atoms with Gasteiger partial charge >= 0.3 is 0 Å². The van der Waals surface area contributed by atoms with Crippen molar-refractivity contribution >= 4 is 34.6 Å². The van der Waals surface area contributed by atoms with E-state index in [4.69, 9.17) is 17.0 Å². The molecule has 0 radical (unpaired) electrons. The van der Waals surface area contributed by atoms with Crippen LogP contribution in [0.2, 0.25) is 0 Å². The van der Waals surface area contributed by atoms with Crippen molar-refractivity contribution in [1.29, 1.82) is 0 Å². The number of rotatable bonds is 3. The maximum atomic E-state index is 14.0. The molecule has 4 rings (SSSR count). The minimum Gasteiger partial charge on any atom is -0.378 e. The summed E-state index contributed by atoms with van der Waals surface area (Å²) in [7, 11) is 0. The lowest BCUT2D eigenvalue weighted by atomic mass is 9.97. The zero-order valence-electron chi connectivity index (χ0n) is 15.3. The van der Waals surface area contributed by atoms with Crippen LogP contribution in [0, 0.1) is 18.6 Å². The summed E-state index contributed by atoms with van der Waals surface area (Å²) in [5.74, 6) is -1.96. The minimum absolute atomic E-state index is 0.131. The van der Waals surface area contributed by atoms with E-state index in [1.165, 1.54) is 6.07 Å². The molecule has 0 unspecified atom stereocenters. The molecule has 0 aromatic heterocycles. The fourth-order valence-electron chi connectivity index (χ4n) is 3.66. The molecule has 0 bridgehead atoms. The van der Waals surface area contributed by atoms with Gasteiger partial charge in [-0.2, -0.15) is 0 Å². The van der Waals surface area contributed by atoms with Crippen molar-refractivity contribution in [1.82, 2.24) is 5.32 Å². The molecule has 2 heterocycles. The van der Waals surface area contributed by atoms with Crippen LogP contribution in [-0.4, -0.2) is 43.9 Å². The molecule has 2 fully saturated rings. The third-order valence-corrected chi connectivity index (χ3v) is 5.27. The molecular weight excluding hydrogens is 384 g/mol. The summed E-state index contributed by atoms with van der Waals surface area (Å²) in [5, 5.41) is 2.95. The smallest absolute Gasteiger partial charge is 0.246 e. The number of anilines is 2. The molecule has 1 N–H and O–H groups in total. The van der Waals surface area contributed by atoms with Crippen molar-refractivity contribution in [3.63, 3.8) is 0 Å². The molecular formula is C20H19F2N3O2S. The second kappa shape index (κ2) is 7.44. The molecule has 0 aliphatic carbocycles. The van der Waals surface area contributed by atoms with Gasteiger partial charge in [-0.1, -0.05) is 6.07 Å². The molecule has 5 nitrogen and oxygen atoms in total. The largest absolute Gasteiger partial charge is 0.378 e. The molecule has 2 aliphatic heterocycles. The average molecular weight is 403 g/mol. The van der Waals surface area contributed by atoms with Crippen LogP contribution in [0.3, 0.4) is 0 Å². The third kappa shape index (κ3) is 3.45. The summed E-state index contributed by atoms with van der Waals surface area (Å²) >= 11 is 5.26. The van der Waals surface area contributed by atoms with Crippen LogP contribution >= 0.6 is 12.2 Å². The first-order valence-electron chi connectivity index (χ1n) is 8.98. The fraction of sp³-hybridized carbons (Fsp3) is 0.300. The van der Waals surface area contributed by atoms with Gasteiger partial charge < -0.3 is 19.9 Å². The lowest BCUT2D eigenvalue weighted by Gasteiger charge is -2.33. The van der Waals surface area contributed by atoms with Crippen LogP contribution in [-0.2, 0) is 9.53 Å². The maximum Gasteiger partial charge on any atom is 0.246 e. The number of amides is 1. The van der Waals surface area contributed by atoms with Crippen molar-refractivity contribution in [2.45, 2.75) is 6.92 Å². The highest BCUT2D eigenvalue weighted by molar-refractivity contribution is 7.80. The van der Waals surface area contributed by atoms with Crippen LogP contribution in [0.1, 0.15) is 5.56 Å². The van der Waals surface area contributed by atoms with Gasteiger partial charge in [0.2, 0.25) is 5.91 Å². The second-order valence-corrected chi connectivity index (χ2v) is 7.21. The number of thiocarbonyl (C=S) groups is 1. The van der Waals surface area contributed by atoms with Gasteiger partial charge in [0.1, 0.15) is 6.54 Å². The van der Waals surface area contributed by atoms with Gasteiger partial charge in [0.05, 0.1) is 13.2 Å². The monoisotopic (exact) mass is 403 g/mol. The number of aryl methyl sites for hydroxylation is 1. The van der Waals surface area contributed by atoms with Crippen LogP contribution in [0.25, 0.3) is 11.1 Å². The Morgan fingerprint density at radius 1 is 1.11 bits per heavy atom. The van der Waals surface area contributed by atoms with Gasteiger partial charge in [0.25, 0.3) is 0 Å². The first-order valence-corrected chi connectivity index (χ1v) is 9.39. The number of carbonyl (C=O) groups excluding carboxylic acids is 1. The zero-order valence-corrected chi connectivity index (χ0v) is 16.1. The molecule has 0 atom stereocenters. The van der Waals surface area contributed by atoms with Gasteiger partial charge in [0.15, 0.2) is 16.7 Å². The number of hydrogen-bond acceptors (Lipinski definition) is 4. The van der Waals surface area contributed by atoms with E-state index in [0.717, 1.165) is 28.6 Å². The Morgan fingerprint density at radius 3 is 2.50 bits per heavy atom. The SMILES string of the molecule is Cc1cc(N2CC(=O)NC2=S)cc(-c2ccc(F)c(F)c2)c1N1CCOCC1. The highest BCUT2D eigenvalue weighted by Gasteiger charge is 2.27. The first-order chi connectivity index (χ1) is 13.4. The predicted octanol–water partition coefficient (Wildman–Crippen LogP) is 3.00. The predicted molar refractivity (Wildman–Crippen MR) is 108 cm³/mol. The third-order valence-electron chi connectivity index (χ3n) is 4.95. The van der Waals surface area contributed by atoms with Crippen molar-refractivity contribution in [3.05, 3.63) is 47.5 Å².